The highest BCUT2D eigenvalue weighted by atomic mass is 19.1. The molecular formula is C27H24FN5O3. The van der Waals surface area contributed by atoms with E-state index in [1.54, 1.807) is 24.5 Å². The molecule has 0 spiro atoms. The Kier molecular flexibility index (Phi) is 5.52. The molecule has 0 atom stereocenters. The largest absolute Gasteiger partial charge is 0.444 e. The molecule has 2 aromatic carbocycles. The van der Waals surface area contributed by atoms with Gasteiger partial charge in [0, 0.05) is 61.9 Å². The Morgan fingerprint density at radius 2 is 1.67 bits per heavy atom. The first-order valence-corrected chi connectivity index (χ1v) is 11.8. The van der Waals surface area contributed by atoms with E-state index in [1.807, 2.05) is 39.0 Å². The van der Waals surface area contributed by atoms with Gasteiger partial charge in [-0.25, -0.2) is 9.37 Å². The van der Waals surface area contributed by atoms with Crippen molar-refractivity contribution in [2.45, 2.75) is 6.54 Å². The zero-order valence-corrected chi connectivity index (χ0v) is 19.5. The van der Waals surface area contributed by atoms with Crippen molar-refractivity contribution < 1.29 is 18.7 Å². The first-order valence-electron chi connectivity index (χ1n) is 11.8. The quantitative estimate of drug-likeness (QED) is 0.527. The molecule has 36 heavy (non-hydrogen) atoms. The van der Waals surface area contributed by atoms with E-state index in [0.717, 1.165) is 16.8 Å². The van der Waals surface area contributed by atoms with Gasteiger partial charge in [0.05, 0.1) is 17.8 Å². The van der Waals surface area contributed by atoms with Crippen molar-refractivity contribution in [3.8, 4) is 5.88 Å². The van der Waals surface area contributed by atoms with Crippen molar-refractivity contribution in [1.82, 2.24) is 14.8 Å². The third kappa shape index (κ3) is 4.13. The predicted molar refractivity (Wildman–Crippen MR) is 133 cm³/mol. The summed E-state index contributed by atoms with van der Waals surface area (Å²) >= 11 is 0. The molecule has 0 aliphatic carbocycles. The summed E-state index contributed by atoms with van der Waals surface area (Å²) in [5.41, 5.74) is 4.28. The number of hydrogen-bond donors (Lipinski definition) is 1. The summed E-state index contributed by atoms with van der Waals surface area (Å²) in [5.74, 6) is -0.615. The second-order valence-electron chi connectivity index (χ2n) is 9.00. The monoisotopic (exact) mass is 485 g/mol. The van der Waals surface area contributed by atoms with Crippen molar-refractivity contribution in [3.63, 3.8) is 0 Å². The van der Waals surface area contributed by atoms with Crippen LogP contribution < -0.4 is 15.0 Å². The highest BCUT2D eigenvalue weighted by molar-refractivity contribution is 6.08. The molecule has 3 aromatic rings. The Morgan fingerprint density at radius 3 is 2.53 bits per heavy atom. The zero-order chi connectivity index (χ0) is 24.6. The Bertz CT molecular complexity index is 1380. The number of ether oxygens (including phenoxy) is 1. The molecule has 9 heteroatoms. The van der Waals surface area contributed by atoms with Crippen LogP contribution in [0.1, 0.15) is 21.5 Å². The van der Waals surface area contributed by atoms with E-state index in [4.69, 9.17) is 4.74 Å². The average Bonchev–Trinajstić information content (AvgIpc) is 3.24. The lowest BCUT2D eigenvalue weighted by Crippen LogP contribution is -2.51. The Labute approximate surface area is 207 Å². The van der Waals surface area contributed by atoms with E-state index >= 15 is 0 Å². The number of amides is 2. The summed E-state index contributed by atoms with van der Waals surface area (Å²) in [4.78, 5) is 36.6. The van der Waals surface area contributed by atoms with Gasteiger partial charge >= 0.3 is 0 Å². The van der Waals surface area contributed by atoms with Gasteiger partial charge < -0.3 is 24.8 Å². The highest BCUT2D eigenvalue weighted by Crippen LogP contribution is 2.33. The maximum absolute atomic E-state index is 14.1. The van der Waals surface area contributed by atoms with Crippen molar-refractivity contribution in [1.29, 1.82) is 0 Å². The molecule has 2 amide bonds. The Morgan fingerprint density at radius 1 is 0.861 bits per heavy atom. The third-order valence-corrected chi connectivity index (χ3v) is 6.78. The fourth-order valence-electron chi connectivity index (χ4n) is 4.94. The lowest BCUT2D eigenvalue weighted by Gasteiger charge is -2.37. The molecule has 4 bridgehead atoms. The van der Waals surface area contributed by atoms with Crippen LogP contribution in [0.2, 0.25) is 0 Å². The predicted octanol–water partition coefficient (Wildman–Crippen LogP) is 3.33. The molecule has 5 heterocycles. The number of fused-ring (bicyclic) bond motifs is 6. The minimum absolute atomic E-state index is 0.0230. The van der Waals surface area contributed by atoms with E-state index in [2.05, 4.69) is 10.3 Å². The number of rotatable bonds is 0. The summed E-state index contributed by atoms with van der Waals surface area (Å²) in [7, 11) is 0. The van der Waals surface area contributed by atoms with Crippen molar-refractivity contribution in [2.24, 2.45) is 0 Å². The van der Waals surface area contributed by atoms with Gasteiger partial charge in [-0.05, 0) is 29.8 Å². The van der Waals surface area contributed by atoms with Crippen LogP contribution in [0.25, 0.3) is 5.70 Å². The standard InChI is InChI=1S/C27H24FN5O3/c28-19-5-6-23-22(13-19)27(35)30-20-7-8-29-25(14-20)36-17-24-21-4-2-1-3-18(21)15-33(24)16-26(34)32-11-9-31(23)10-12-32/h1-8,13-14,17H,9-12,15-16H2,(H,30,35). The van der Waals surface area contributed by atoms with Gasteiger partial charge in [0.15, 0.2) is 0 Å². The summed E-state index contributed by atoms with van der Waals surface area (Å²) < 4.78 is 20.0. The molecule has 1 N–H and O–H groups in total. The van der Waals surface area contributed by atoms with Crippen molar-refractivity contribution in [3.05, 3.63) is 89.6 Å². The number of halogens is 1. The van der Waals surface area contributed by atoms with Gasteiger partial charge in [0.25, 0.3) is 5.91 Å². The zero-order valence-electron chi connectivity index (χ0n) is 19.5. The van der Waals surface area contributed by atoms with E-state index in [0.29, 0.717) is 44.1 Å². The number of benzene rings is 2. The number of pyridine rings is 1. The van der Waals surface area contributed by atoms with Crippen LogP contribution in [0.15, 0.2) is 67.1 Å². The number of carbonyl (C=O) groups is 2. The second kappa shape index (κ2) is 8.99. The molecular weight excluding hydrogens is 461 g/mol. The maximum Gasteiger partial charge on any atom is 0.257 e. The van der Waals surface area contributed by atoms with Crippen molar-refractivity contribution >= 4 is 28.9 Å². The molecule has 4 aliphatic heterocycles. The maximum atomic E-state index is 14.1. The number of anilines is 2. The lowest BCUT2D eigenvalue weighted by atomic mass is 10.1. The normalized spacial score (nSPS) is 17.5. The molecule has 4 aliphatic rings. The lowest BCUT2D eigenvalue weighted by molar-refractivity contribution is -0.132. The molecule has 0 radical (unpaired) electrons. The number of nitrogens with zero attached hydrogens (tertiary/aromatic N) is 4. The molecule has 7 rings (SSSR count). The molecule has 1 aromatic heterocycles. The van der Waals surface area contributed by atoms with Crippen LogP contribution in [0, 0.1) is 5.82 Å². The van der Waals surface area contributed by atoms with Crippen LogP contribution in [-0.4, -0.2) is 59.3 Å². The highest BCUT2D eigenvalue weighted by Gasteiger charge is 2.30. The molecule has 0 unspecified atom stereocenters. The van der Waals surface area contributed by atoms with Gasteiger partial charge in [-0.2, -0.15) is 0 Å². The molecule has 8 nitrogen and oxygen atoms in total. The van der Waals surface area contributed by atoms with Crippen LogP contribution in [0.5, 0.6) is 5.88 Å². The van der Waals surface area contributed by atoms with E-state index in [-0.39, 0.29) is 23.9 Å². The van der Waals surface area contributed by atoms with Crippen LogP contribution in [-0.2, 0) is 11.3 Å². The Balaban J connectivity index is 1.39. The van der Waals surface area contributed by atoms with Gasteiger partial charge in [-0.15, -0.1) is 0 Å². The van der Waals surface area contributed by atoms with Gasteiger partial charge in [0.2, 0.25) is 11.8 Å². The molecule has 182 valence electrons. The number of piperazine rings is 1. The van der Waals surface area contributed by atoms with Gasteiger partial charge in [-0.1, -0.05) is 24.3 Å². The SMILES string of the molecule is O=C1Nc2ccnc(c2)OC=C2c3ccccc3CN2CC(=O)N2CCN(CC2)c2ccc(F)cc21. The van der Waals surface area contributed by atoms with E-state index < -0.39 is 11.7 Å². The minimum atomic E-state index is -0.491. The second-order valence-corrected chi connectivity index (χ2v) is 9.00. The van der Waals surface area contributed by atoms with Crippen molar-refractivity contribution in [2.75, 3.05) is 42.9 Å². The summed E-state index contributed by atoms with van der Waals surface area (Å²) in [6.07, 6.45) is 3.14. The summed E-state index contributed by atoms with van der Waals surface area (Å²) in [6.45, 7) is 2.95. The van der Waals surface area contributed by atoms with E-state index in [9.17, 15) is 14.0 Å². The molecule has 1 saturated heterocycles. The number of carbonyl (C=O) groups excluding carboxylic acids is 2. The van der Waals surface area contributed by atoms with Gasteiger partial charge in [0.1, 0.15) is 12.1 Å². The summed E-state index contributed by atoms with van der Waals surface area (Å²) in [6, 6.07) is 15.5. The molecule has 1 fully saturated rings. The smallest absolute Gasteiger partial charge is 0.257 e. The Hall–Kier alpha value is -4.40. The third-order valence-electron chi connectivity index (χ3n) is 6.78. The fourth-order valence-corrected chi connectivity index (χ4v) is 4.94. The van der Waals surface area contributed by atoms with Gasteiger partial charge in [-0.3, -0.25) is 9.59 Å². The van der Waals surface area contributed by atoms with Crippen LogP contribution in [0.4, 0.5) is 15.8 Å². The van der Waals surface area contributed by atoms with E-state index in [1.165, 1.54) is 18.3 Å². The summed E-state index contributed by atoms with van der Waals surface area (Å²) in [5, 5.41) is 2.84. The van der Waals surface area contributed by atoms with Crippen LogP contribution >= 0.6 is 0 Å². The first-order chi connectivity index (χ1) is 17.5. The first kappa shape index (κ1) is 22.1. The average molecular weight is 486 g/mol. The molecule has 0 saturated carbocycles. The number of aromatic nitrogens is 1. The topological polar surface area (TPSA) is 78.0 Å². The number of hydrogen-bond acceptors (Lipinski definition) is 6. The number of nitrogens with one attached hydrogen (secondary N) is 1. The fraction of sp³-hybridized carbons (Fsp3) is 0.222. The minimum Gasteiger partial charge on any atom is -0.444 e. The van der Waals surface area contributed by atoms with Crippen LogP contribution in [0.3, 0.4) is 0 Å².